The number of rotatable bonds is 6. The molecule has 0 bridgehead atoms. The third-order valence-electron chi connectivity index (χ3n) is 3.92. The lowest BCUT2D eigenvalue weighted by atomic mass is 10.2. The van der Waals surface area contributed by atoms with Gasteiger partial charge in [0.15, 0.2) is 0 Å². The van der Waals surface area contributed by atoms with Crippen LogP contribution in [0.5, 0.6) is 0 Å². The van der Waals surface area contributed by atoms with Crippen molar-refractivity contribution in [2.45, 2.75) is 39.9 Å². The smallest absolute Gasteiger partial charge is 0.118 e. The molecule has 4 heteroatoms. The Kier molecular flexibility index (Phi) is 5.64. The van der Waals surface area contributed by atoms with Crippen molar-refractivity contribution in [3.63, 3.8) is 0 Å². The highest BCUT2D eigenvalue weighted by molar-refractivity contribution is 5.12. The molecule has 1 aliphatic heterocycles. The Labute approximate surface area is 123 Å². The van der Waals surface area contributed by atoms with Gasteiger partial charge < -0.3 is 14.6 Å². The van der Waals surface area contributed by atoms with Gasteiger partial charge in [0.2, 0.25) is 0 Å². The van der Waals surface area contributed by atoms with Gasteiger partial charge in [0.1, 0.15) is 5.76 Å². The minimum absolute atomic E-state index is 0.598. The standard InChI is InChI=1S/C16H29N3O/c1-13(2)8-17-9-15-7-16(20-12-15)11-19-6-5-18(4)10-14(19)3/h7,12-14,17H,5-6,8-11H2,1-4H3. The first kappa shape index (κ1) is 15.5. The lowest BCUT2D eigenvalue weighted by Gasteiger charge is -2.37. The van der Waals surface area contributed by atoms with Crippen molar-refractivity contribution in [3.8, 4) is 0 Å². The van der Waals surface area contributed by atoms with Gasteiger partial charge in [-0.05, 0) is 32.5 Å². The molecule has 1 saturated heterocycles. The molecule has 0 amide bonds. The van der Waals surface area contributed by atoms with E-state index in [0.717, 1.165) is 45.0 Å². The molecular weight excluding hydrogens is 250 g/mol. The fraction of sp³-hybridized carbons (Fsp3) is 0.750. The molecule has 1 fully saturated rings. The molecule has 4 nitrogen and oxygen atoms in total. The van der Waals surface area contributed by atoms with Gasteiger partial charge >= 0.3 is 0 Å². The van der Waals surface area contributed by atoms with Crippen LogP contribution in [0, 0.1) is 5.92 Å². The van der Waals surface area contributed by atoms with Crippen molar-refractivity contribution in [2.24, 2.45) is 5.92 Å². The van der Waals surface area contributed by atoms with E-state index >= 15 is 0 Å². The van der Waals surface area contributed by atoms with E-state index in [9.17, 15) is 0 Å². The van der Waals surface area contributed by atoms with Gasteiger partial charge in [-0.3, -0.25) is 4.90 Å². The Balaban J connectivity index is 1.80. The predicted molar refractivity (Wildman–Crippen MR) is 82.6 cm³/mol. The summed E-state index contributed by atoms with van der Waals surface area (Å²) in [5.41, 5.74) is 1.25. The number of likely N-dealkylation sites (N-methyl/N-ethyl adjacent to an activating group) is 1. The number of nitrogens with zero attached hydrogens (tertiary/aromatic N) is 2. The van der Waals surface area contributed by atoms with E-state index in [1.54, 1.807) is 0 Å². The lowest BCUT2D eigenvalue weighted by molar-refractivity contribution is 0.0875. The molecule has 20 heavy (non-hydrogen) atoms. The second kappa shape index (κ2) is 7.25. The van der Waals surface area contributed by atoms with Gasteiger partial charge in [-0.25, -0.2) is 0 Å². The molecule has 2 rings (SSSR count). The average Bonchev–Trinajstić information content (AvgIpc) is 2.80. The Morgan fingerprint density at radius 1 is 1.40 bits per heavy atom. The molecule has 1 N–H and O–H groups in total. The van der Waals surface area contributed by atoms with Gasteiger partial charge in [0, 0.05) is 37.8 Å². The molecule has 2 heterocycles. The summed E-state index contributed by atoms with van der Waals surface area (Å²) < 4.78 is 5.70. The number of hydrogen-bond acceptors (Lipinski definition) is 4. The minimum atomic E-state index is 0.598. The zero-order chi connectivity index (χ0) is 14.5. The third-order valence-corrected chi connectivity index (χ3v) is 3.92. The third kappa shape index (κ3) is 4.62. The molecule has 0 aromatic carbocycles. The quantitative estimate of drug-likeness (QED) is 0.865. The number of hydrogen-bond donors (Lipinski definition) is 1. The van der Waals surface area contributed by atoms with E-state index in [2.05, 4.69) is 49.0 Å². The van der Waals surface area contributed by atoms with Crippen molar-refractivity contribution in [3.05, 3.63) is 23.7 Å². The van der Waals surface area contributed by atoms with Crippen LogP contribution < -0.4 is 5.32 Å². The maximum atomic E-state index is 5.70. The normalized spacial score (nSPS) is 21.8. The lowest BCUT2D eigenvalue weighted by Crippen LogP contribution is -2.49. The summed E-state index contributed by atoms with van der Waals surface area (Å²) in [5.74, 6) is 1.77. The summed E-state index contributed by atoms with van der Waals surface area (Å²) in [5, 5.41) is 3.45. The van der Waals surface area contributed by atoms with Crippen LogP contribution in [0.2, 0.25) is 0 Å². The summed E-state index contributed by atoms with van der Waals surface area (Å²) in [6, 6.07) is 2.79. The second-order valence-electron chi connectivity index (χ2n) is 6.53. The summed E-state index contributed by atoms with van der Waals surface area (Å²) in [6.07, 6.45) is 1.89. The molecule has 1 aromatic rings. The average molecular weight is 279 g/mol. The van der Waals surface area contributed by atoms with Crippen molar-refractivity contribution in [1.82, 2.24) is 15.1 Å². The fourth-order valence-corrected chi connectivity index (χ4v) is 2.72. The first-order valence-electron chi connectivity index (χ1n) is 7.74. The van der Waals surface area contributed by atoms with E-state index < -0.39 is 0 Å². The topological polar surface area (TPSA) is 31.7 Å². The first-order chi connectivity index (χ1) is 9.54. The van der Waals surface area contributed by atoms with Crippen LogP contribution in [0.4, 0.5) is 0 Å². The van der Waals surface area contributed by atoms with E-state index in [1.165, 1.54) is 5.56 Å². The van der Waals surface area contributed by atoms with Crippen LogP contribution in [-0.4, -0.2) is 49.1 Å². The highest BCUT2D eigenvalue weighted by Crippen LogP contribution is 2.15. The molecule has 0 radical (unpaired) electrons. The molecule has 0 spiro atoms. The Morgan fingerprint density at radius 2 is 2.20 bits per heavy atom. The maximum absolute atomic E-state index is 5.70. The Morgan fingerprint density at radius 3 is 2.90 bits per heavy atom. The van der Waals surface area contributed by atoms with Gasteiger partial charge in [0.25, 0.3) is 0 Å². The van der Waals surface area contributed by atoms with Crippen LogP contribution in [0.15, 0.2) is 16.7 Å². The highest BCUT2D eigenvalue weighted by Gasteiger charge is 2.22. The summed E-state index contributed by atoms with van der Waals surface area (Å²) >= 11 is 0. The fourth-order valence-electron chi connectivity index (χ4n) is 2.72. The van der Waals surface area contributed by atoms with Crippen molar-refractivity contribution < 1.29 is 4.42 Å². The molecule has 1 atom stereocenters. The molecule has 1 unspecified atom stereocenters. The SMILES string of the molecule is CC(C)CNCc1coc(CN2CCN(C)CC2C)c1. The molecule has 0 aliphatic carbocycles. The van der Waals surface area contributed by atoms with Gasteiger partial charge in [0.05, 0.1) is 12.8 Å². The van der Waals surface area contributed by atoms with Gasteiger partial charge in [-0.1, -0.05) is 13.8 Å². The first-order valence-corrected chi connectivity index (χ1v) is 7.74. The molecule has 1 aliphatic rings. The molecule has 1 aromatic heterocycles. The van der Waals surface area contributed by atoms with Crippen molar-refractivity contribution in [2.75, 3.05) is 33.2 Å². The predicted octanol–water partition coefficient (Wildman–Crippen LogP) is 2.16. The van der Waals surface area contributed by atoms with Gasteiger partial charge in [-0.2, -0.15) is 0 Å². The van der Waals surface area contributed by atoms with Crippen molar-refractivity contribution in [1.29, 1.82) is 0 Å². The maximum Gasteiger partial charge on any atom is 0.118 e. The highest BCUT2D eigenvalue weighted by atomic mass is 16.3. The van der Waals surface area contributed by atoms with E-state index in [0.29, 0.717) is 12.0 Å². The summed E-state index contributed by atoms with van der Waals surface area (Å²) in [7, 11) is 2.19. The Hall–Kier alpha value is -0.840. The zero-order valence-corrected chi connectivity index (χ0v) is 13.4. The van der Waals surface area contributed by atoms with Crippen molar-refractivity contribution >= 4 is 0 Å². The molecular formula is C16H29N3O. The summed E-state index contributed by atoms with van der Waals surface area (Å²) in [6.45, 7) is 13.0. The van der Waals surface area contributed by atoms with Crippen LogP contribution in [0.1, 0.15) is 32.1 Å². The number of nitrogens with one attached hydrogen (secondary N) is 1. The molecule has 0 saturated carbocycles. The van der Waals surface area contributed by atoms with Crippen LogP contribution in [0.3, 0.4) is 0 Å². The second-order valence-corrected chi connectivity index (χ2v) is 6.53. The minimum Gasteiger partial charge on any atom is -0.468 e. The van der Waals surface area contributed by atoms with Crippen LogP contribution >= 0.6 is 0 Å². The number of piperazine rings is 1. The Bertz CT molecular complexity index is 402. The van der Waals surface area contributed by atoms with Crippen LogP contribution in [-0.2, 0) is 13.1 Å². The van der Waals surface area contributed by atoms with Crippen LogP contribution in [0.25, 0.3) is 0 Å². The van der Waals surface area contributed by atoms with E-state index in [1.807, 2.05) is 6.26 Å². The number of furan rings is 1. The zero-order valence-electron chi connectivity index (χ0n) is 13.4. The monoisotopic (exact) mass is 279 g/mol. The van der Waals surface area contributed by atoms with E-state index in [4.69, 9.17) is 4.42 Å². The van der Waals surface area contributed by atoms with E-state index in [-0.39, 0.29) is 0 Å². The largest absolute Gasteiger partial charge is 0.468 e. The molecule has 114 valence electrons. The van der Waals surface area contributed by atoms with Gasteiger partial charge in [-0.15, -0.1) is 0 Å². The summed E-state index contributed by atoms with van der Waals surface area (Å²) in [4.78, 5) is 4.90.